The van der Waals surface area contributed by atoms with Crippen LogP contribution in [-0.4, -0.2) is 0 Å². The summed E-state index contributed by atoms with van der Waals surface area (Å²) in [4.78, 5) is 0. The molecule has 28 heavy (non-hydrogen) atoms. The third-order valence-corrected chi connectivity index (χ3v) is 6.02. The Labute approximate surface area is 166 Å². The predicted molar refractivity (Wildman–Crippen MR) is 112 cm³/mol. The van der Waals surface area contributed by atoms with E-state index in [9.17, 15) is 13.2 Å². The molecule has 0 nitrogen and oxygen atoms in total. The van der Waals surface area contributed by atoms with Gasteiger partial charge in [0.1, 0.15) is 11.6 Å². The standard InChI is InChI=1S/C25H29F3/c1-3-5-7-18-12-13-20-16-21(14-15-22(20)23(18)26)25(28)24(27)19-10-8-17(6-4-2)9-11-19/h3,12-17,19H,1,4-11H2,2H3. The number of fused-ring (bicyclic) bond motifs is 1. The smallest absolute Gasteiger partial charge is 0.162 e. The van der Waals surface area contributed by atoms with Gasteiger partial charge in [-0.05, 0) is 61.5 Å². The van der Waals surface area contributed by atoms with E-state index in [1.807, 2.05) is 0 Å². The number of rotatable bonds is 7. The van der Waals surface area contributed by atoms with Gasteiger partial charge in [-0.2, -0.15) is 0 Å². The quantitative estimate of drug-likeness (QED) is 0.420. The molecule has 0 bridgehead atoms. The van der Waals surface area contributed by atoms with Gasteiger partial charge in [-0.3, -0.25) is 0 Å². The predicted octanol–water partition coefficient (Wildman–Crippen LogP) is 8.31. The van der Waals surface area contributed by atoms with Crippen LogP contribution in [0.1, 0.15) is 63.0 Å². The summed E-state index contributed by atoms with van der Waals surface area (Å²) < 4.78 is 44.3. The van der Waals surface area contributed by atoms with E-state index in [1.54, 1.807) is 30.3 Å². The molecule has 1 aliphatic carbocycles. The topological polar surface area (TPSA) is 0 Å². The average molecular weight is 387 g/mol. The molecule has 0 heterocycles. The molecule has 1 fully saturated rings. The summed E-state index contributed by atoms with van der Waals surface area (Å²) in [7, 11) is 0. The number of halogens is 3. The minimum absolute atomic E-state index is 0.193. The second kappa shape index (κ2) is 9.45. The van der Waals surface area contributed by atoms with Crippen LogP contribution in [0.25, 0.3) is 16.6 Å². The fourth-order valence-electron chi connectivity index (χ4n) is 4.35. The SMILES string of the molecule is C=CCCc1ccc2cc(C(F)=C(F)C3CCC(CCC)CC3)ccc2c1F. The Morgan fingerprint density at radius 2 is 1.86 bits per heavy atom. The molecule has 0 aromatic heterocycles. The minimum Gasteiger partial charge on any atom is -0.208 e. The lowest BCUT2D eigenvalue weighted by Crippen LogP contribution is -2.15. The van der Waals surface area contributed by atoms with Crippen molar-refractivity contribution < 1.29 is 13.2 Å². The second-order valence-electron chi connectivity index (χ2n) is 7.97. The maximum atomic E-state index is 14.8. The van der Waals surface area contributed by atoms with Crippen LogP contribution >= 0.6 is 0 Å². The Hall–Kier alpha value is -2.03. The molecule has 0 saturated heterocycles. The molecular weight excluding hydrogens is 357 g/mol. The highest BCUT2D eigenvalue weighted by Gasteiger charge is 2.26. The van der Waals surface area contributed by atoms with E-state index in [2.05, 4.69) is 13.5 Å². The van der Waals surface area contributed by atoms with Crippen molar-refractivity contribution in [3.63, 3.8) is 0 Å². The lowest BCUT2D eigenvalue weighted by atomic mass is 9.79. The Bertz CT molecular complexity index is 857. The molecule has 0 amide bonds. The van der Waals surface area contributed by atoms with E-state index in [4.69, 9.17) is 0 Å². The summed E-state index contributed by atoms with van der Waals surface area (Å²) in [5, 5.41) is 1.03. The van der Waals surface area contributed by atoms with Crippen molar-refractivity contribution in [2.75, 3.05) is 0 Å². The minimum atomic E-state index is -0.794. The molecule has 0 atom stereocenters. The van der Waals surface area contributed by atoms with E-state index in [-0.39, 0.29) is 17.3 Å². The van der Waals surface area contributed by atoms with Crippen molar-refractivity contribution in [3.05, 3.63) is 65.8 Å². The van der Waals surface area contributed by atoms with E-state index in [1.165, 1.54) is 12.5 Å². The van der Waals surface area contributed by atoms with E-state index in [0.29, 0.717) is 47.9 Å². The maximum Gasteiger partial charge on any atom is 0.162 e. The molecule has 0 spiro atoms. The molecule has 0 N–H and O–H groups in total. The molecule has 0 radical (unpaired) electrons. The van der Waals surface area contributed by atoms with Gasteiger partial charge in [0, 0.05) is 16.9 Å². The monoisotopic (exact) mass is 386 g/mol. The van der Waals surface area contributed by atoms with Crippen molar-refractivity contribution in [1.29, 1.82) is 0 Å². The van der Waals surface area contributed by atoms with Crippen LogP contribution in [-0.2, 0) is 6.42 Å². The zero-order valence-corrected chi connectivity index (χ0v) is 16.6. The van der Waals surface area contributed by atoms with Gasteiger partial charge in [-0.15, -0.1) is 6.58 Å². The maximum absolute atomic E-state index is 14.8. The van der Waals surface area contributed by atoms with Gasteiger partial charge < -0.3 is 0 Å². The van der Waals surface area contributed by atoms with Gasteiger partial charge in [-0.1, -0.05) is 50.1 Å². The number of hydrogen-bond donors (Lipinski definition) is 0. The molecular formula is C25H29F3. The summed E-state index contributed by atoms with van der Waals surface area (Å²) >= 11 is 0. The van der Waals surface area contributed by atoms with Crippen molar-refractivity contribution in [1.82, 2.24) is 0 Å². The first kappa shape index (κ1) is 20.7. The van der Waals surface area contributed by atoms with Crippen molar-refractivity contribution >= 4 is 16.6 Å². The molecule has 0 aliphatic heterocycles. The third-order valence-electron chi connectivity index (χ3n) is 6.02. The van der Waals surface area contributed by atoms with Crippen LogP contribution in [0.2, 0.25) is 0 Å². The molecule has 3 heteroatoms. The number of benzene rings is 2. The van der Waals surface area contributed by atoms with Crippen LogP contribution in [0.15, 0.2) is 48.8 Å². The summed E-state index contributed by atoms with van der Waals surface area (Å²) in [5.41, 5.74) is 0.810. The van der Waals surface area contributed by atoms with Crippen molar-refractivity contribution in [2.24, 2.45) is 11.8 Å². The zero-order valence-electron chi connectivity index (χ0n) is 16.6. The van der Waals surface area contributed by atoms with Crippen LogP contribution in [0.4, 0.5) is 13.2 Å². The molecule has 2 aromatic rings. The Morgan fingerprint density at radius 1 is 1.11 bits per heavy atom. The van der Waals surface area contributed by atoms with Crippen LogP contribution in [0, 0.1) is 17.7 Å². The second-order valence-corrected chi connectivity index (χ2v) is 7.97. The number of hydrogen-bond acceptors (Lipinski definition) is 0. The van der Waals surface area contributed by atoms with E-state index < -0.39 is 11.7 Å². The first-order chi connectivity index (χ1) is 13.5. The number of allylic oxidation sites excluding steroid dienone is 2. The molecule has 3 rings (SSSR count). The third kappa shape index (κ3) is 4.51. The fourth-order valence-corrected chi connectivity index (χ4v) is 4.35. The lowest BCUT2D eigenvalue weighted by molar-refractivity contribution is 0.261. The summed E-state index contributed by atoms with van der Waals surface area (Å²) in [5.74, 6) is -1.41. The Kier molecular flexibility index (Phi) is 6.98. The molecule has 2 aromatic carbocycles. The van der Waals surface area contributed by atoms with Gasteiger partial charge in [0.15, 0.2) is 5.83 Å². The largest absolute Gasteiger partial charge is 0.208 e. The first-order valence-corrected chi connectivity index (χ1v) is 10.4. The molecule has 1 aliphatic rings. The Morgan fingerprint density at radius 3 is 2.54 bits per heavy atom. The van der Waals surface area contributed by atoms with Crippen LogP contribution in [0.5, 0.6) is 0 Å². The zero-order chi connectivity index (χ0) is 20.1. The molecule has 150 valence electrons. The van der Waals surface area contributed by atoms with E-state index >= 15 is 0 Å². The number of aryl methyl sites for hydroxylation is 1. The van der Waals surface area contributed by atoms with Gasteiger partial charge in [-0.25, -0.2) is 13.2 Å². The van der Waals surface area contributed by atoms with Gasteiger partial charge >= 0.3 is 0 Å². The summed E-state index contributed by atoms with van der Waals surface area (Å²) in [6.45, 7) is 5.83. The fraction of sp³-hybridized carbons (Fsp3) is 0.440. The van der Waals surface area contributed by atoms with Gasteiger partial charge in [0.05, 0.1) is 0 Å². The normalized spacial score (nSPS) is 20.9. The summed E-state index contributed by atoms with van der Waals surface area (Å²) in [6, 6.07) is 8.09. The van der Waals surface area contributed by atoms with E-state index in [0.717, 1.165) is 19.3 Å². The summed E-state index contributed by atoms with van der Waals surface area (Å²) in [6.07, 6.45) is 8.70. The molecule has 0 unspecified atom stereocenters. The highest BCUT2D eigenvalue weighted by atomic mass is 19.2. The first-order valence-electron chi connectivity index (χ1n) is 10.4. The van der Waals surface area contributed by atoms with Crippen LogP contribution < -0.4 is 0 Å². The highest BCUT2D eigenvalue weighted by molar-refractivity contribution is 5.87. The average Bonchev–Trinajstić information content (AvgIpc) is 2.73. The van der Waals surface area contributed by atoms with Gasteiger partial charge in [0.25, 0.3) is 0 Å². The lowest BCUT2D eigenvalue weighted by Gasteiger charge is -2.27. The van der Waals surface area contributed by atoms with Gasteiger partial charge in [0.2, 0.25) is 0 Å². The van der Waals surface area contributed by atoms with Crippen molar-refractivity contribution in [2.45, 2.75) is 58.3 Å². The van der Waals surface area contributed by atoms with Crippen molar-refractivity contribution in [3.8, 4) is 0 Å². The molecule has 1 saturated carbocycles. The van der Waals surface area contributed by atoms with Crippen LogP contribution in [0.3, 0.4) is 0 Å². The Balaban J connectivity index is 1.82. The highest BCUT2D eigenvalue weighted by Crippen LogP contribution is 2.39.